The summed E-state index contributed by atoms with van der Waals surface area (Å²) in [7, 11) is -2.59. The molecule has 0 atom stereocenters. The quantitative estimate of drug-likeness (QED) is 0.825. The molecule has 5 nitrogen and oxygen atoms in total. The van der Waals surface area contributed by atoms with Gasteiger partial charge in [0.2, 0.25) is 10.0 Å². The Morgan fingerprint density at radius 1 is 1.14 bits per heavy atom. The number of carbonyl (C=O) groups is 1. The summed E-state index contributed by atoms with van der Waals surface area (Å²) in [5.41, 5.74) is -0.162. The van der Waals surface area contributed by atoms with Crippen molar-refractivity contribution in [3.63, 3.8) is 0 Å². The number of rotatable bonds is 6. The topological polar surface area (TPSA) is 72.5 Å². The molecule has 0 saturated heterocycles. The molecular formula is C15H14FNO4S. The van der Waals surface area contributed by atoms with E-state index in [1.54, 1.807) is 6.07 Å². The van der Waals surface area contributed by atoms with Crippen LogP contribution in [0.5, 0.6) is 5.75 Å². The second-order valence-corrected chi connectivity index (χ2v) is 6.11. The number of sulfonamides is 1. The van der Waals surface area contributed by atoms with E-state index in [0.29, 0.717) is 0 Å². The van der Waals surface area contributed by atoms with E-state index in [1.807, 2.05) is 0 Å². The fraction of sp³-hybridized carbons (Fsp3) is 0.133. The van der Waals surface area contributed by atoms with Crippen LogP contribution < -0.4 is 9.46 Å². The molecule has 0 saturated carbocycles. The van der Waals surface area contributed by atoms with Crippen molar-refractivity contribution in [2.45, 2.75) is 4.90 Å². The summed E-state index contributed by atoms with van der Waals surface area (Å²) in [5.74, 6) is -1.19. The molecule has 0 radical (unpaired) electrons. The van der Waals surface area contributed by atoms with E-state index < -0.39 is 28.2 Å². The van der Waals surface area contributed by atoms with Crippen LogP contribution in [0.1, 0.15) is 10.4 Å². The Morgan fingerprint density at radius 3 is 2.45 bits per heavy atom. The minimum absolute atomic E-state index is 0.0844. The molecule has 2 aromatic rings. The first-order chi connectivity index (χ1) is 10.5. The van der Waals surface area contributed by atoms with E-state index in [1.165, 1.54) is 43.5 Å². The average molecular weight is 323 g/mol. The normalized spacial score (nSPS) is 11.2. The molecule has 2 aromatic carbocycles. The highest BCUT2D eigenvalue weighted by Gasteiger charge is 2.21. The van der Waals surface area contributed by atoms with Gasteiger partial charge in [0.25, 0.3) is 0 Å². The summed E-state index contributed by atoms with van der Waals surface area (Å²) in [6, 6.07) is 11.4. The third-order valence-corrected chi connectivity index (χ3v) is 4.40. The number of methoxy groups -OCH3 is 1. The van der Waals surface area contributed by atoms with Crippen LogP contribution in [-0.2, 0) is 10.0 Å². The highest BCUT2D eigenvalue weighted by atomic mass is 32.2. The van der Waals surface area contributed by atoms with Gasteiger partial charge in [0.05, 0.1) is 19.2 Å². The molecule has 22 heavy (non-hydrogen) atoms. The highest BCUT2D eigenvalue weighted by molar-refractivity contribution is 7.89. The molecule has 0 aliphatic heterocycles. The molecule has 0 fully saturated rings. The first-order valence-electron chi connectivity index (χ1n) is 6.36. The SMILES string of the molecule is COc1ccccc1S(=O)(=O)NCC(=O)c1ccccc1F. The first kappa shape index (κ1) is 16.1. The minimum atomic E-state index is -3.94. The number of para-hydroxylation sites is 1. The zero-order valence-electron chi connectivity index (χ0n) is 11.7. The minimum Gasteiger partial charge on any atom is -0.495 e. The lowest BCUT2D eigenvalue weighted by molar-refractivity contribution is 0.0993. The zero-order valence-corrected chi connectivity index (χ0v) is 12.6. The number of halogens is 1. The van der Waals surface area contributed by atoms with Crippen LogP contribution in [0.3, 0.4) is 0 Å². The molecule has 0 aliphatic rings. The van der Waals surface area contributed by atoms with Gasteiger partial charge in [-0.25, -0.2) is 17.5 Å². The van der Waals surface area contributed by atoms with E-state index >= 15 is 0 Å². The van der Waals surface area contributed by atoms with Crippen LogP contribution in [-0.4, -0.2) is 27.9 Å². The molecule has 0 aliphatic carbocycles. The van der Waals surface area contributed by atoms with Gasteiger partial charge in [-0.2, -0.15) is 0 Å². The molecule has 116 valence electrons. The summed E-state index contributed by atoms with van der Waals surface area (Å²) in [4.78, 5) is 11.8. The summed E-state index contributed by atoms with van der Waals surface area (Å²) in [6.45, 7) is -0.540. The Kier molecular flexibility index (Phi) is 4.89. The highest BCUT2D eigenvalue weighted by Crippen LogP contribution is 2.22. The molecule has 1 N–H and O–H groups in total. The van der Waals surface area contributed by atoms with Gasteiger partial charge in [0.1, 0.15) is 16.5 Å². The van der Waals surface area contributed by atoms with Crippen LogP contribution in [0.4, 0.5) is 4.39 Å². The first-order valence-corrected chi connectivity index (χ1v) is 7.84. The molecule has 0 spiro atoms. The van der Waals surface area contributed by atoms with Crippen molar-refractivity contribution in [2.24, 2.45) is 0 Å². The maximum atomic E-state index is 13.5. The van der Waals surface area contributed by atoms with Gasteiger partial charge in [0, 0.05) is 0 Å². The van der Waals surface area contributed by atoms with E-state index in [0.717, 1.165) is 6.07 Å². The number of hydrogen-bond donors (Lipinski definition) is 1. The van der Waals surface area contributed by atoms with Crippen molar-refractivity contribution in [3.05, 3.63) is 59.9 Å². The van der Waals surface area contributed by atoms with E-state index in [4.69, 9.17) is 4.74 Å². The predicted octanol–water partition coefficient (Wildman–Crippen LogP) is 2.00. The van der Waals surface area contributed by atoms with Crippen LogP contribution in [0.2, 0.25) is 0 Å². The summed E-state index contributed by atoms with van der Waals surface area (Å²) < 4.78 is 45.0. The van der Waals surface area contributed by atoms with Crippen molar-refractivity contribution in [1.29, 1.82) is 0 Å². The Morgan fingerprint density at radius 2 is 1.77 bits per heavy atom. The van der Waals surface area contributed by atoms with Crippen molar-refractivity contribution in [3.8, 4) is 5.75 Å². The lowest BCUT2D eigenvalue weighted by Crippen LogP contribution is -2.30. The maximum Gasteiger partial charge on any atom is 0.244 e. The Labute approximate surface area is 127 Å². The fourth-order valence-electron chi connectivity index (χ4n) is 1.86. The Hall–Kier alpha value is -2.25. The van der Waals surface area contributed by atoms with Gasteiger partial charge in [0.15, 0.2) is 5.78 Å². The lowest BCUT2D eigenvalue weighted by atomic mass is 10.1. The third-order valence-electron chi connectivity index (χ3n) is 2.96. The average Bonchev–Trinajstić information content (AvgIpc) is 2.53. The van der Waals surface area contributed by atoms with Crippen molar-refractivity contribution in [1.82, 2.24) is 4.72 Å². The predicted molar refractivity (Wildman–Crippen MR) is 78.9 cm³/mol. The molecular weight excluding hydrogens is 309 g/mol. The van der Waals surface area contributed by atoms with E-state index in [9.17, 15) is 17.6 Å². The molecule has 0 unspecified atom stereocenters. The Balaban J connectivity index is 2.17. The smallest absolute Gasteiger partial charge is 0.244 e. The molecule has 0 bridgehead atoms. The number of hydrogen-bond acceptors (Lipinski definition) is 4. The summed E-state index contributed by atoms with van der Waals surface area (Å²) in [6.07, 6.45) is 0. The summed E-state index contributed by atoms with van der Waals surface area (Å²) >= 11 is 0. The van der Waals surface area contributed by atoms with E-state index in [2.05, 4.69) is 4.72 Å². The van der Waals surface area contributed by atoms with Gasteiger partial charge in [-0.15, -0.1) is 0 Å². The number of ether oxygens (including phenoxy) is 1. The molecule has 2 rings (SSSR count). The largest absolute Gasteiger partial charge is 0.495 e. The second-order valence-electron chi connectivity index (χ2n) is 4.38. The molecule has 0 amide bonds. The van der Waals surface area contributed by atoms with Crippen LogP contribution in [0.15, 0.2) is 53.4 Å². The van der Waals surface area contributed by atoms with Crippen molar-refractivity contribution < 1.29 is 22.3 Å². The van der Waals surface area contributed by atoms with Gasteiger partial charge in [-0.1, -0.05) is 24.3 Å². The van der Waals surface area contributed by atoms with Gasteiger partial charge >= 0.3 is 0 Å². The number of ketones is 1. The standard InChI is InChI=1S/C15H14FNO4S/c1-21-14-8-4-5-9-15(14)22(19,20)17-10-13(18)11-6-2-3-7-12(11)16/h2-9,17H,10H2,1H3. The van der Waals surface area contributed by atoms with Gasteiger partial charge < -0.3 is 4.74 Å². The number of carbonyl (C=O) groups excluding carboxylic acids is 1. The Bertz CT molecular complexity index is 790. The number of benzene rings is 2. The number of Topliss-reactive ketones (excluding diaryl/α,β-unsaturated/α-hetero) is 1. The monoisotopic (exact) mass is 323 g/mol. The van der Waals surface area contributed by atoms with Crippen LogP contribution >= 0.6 is 0 Å². The summed E-state index contributed by atoms with van der Waals surface area (Å²) in [5, 5.41) is 0. The number of nitrogens with one attached hydrogen (secondary N) is 1. The fourth-order valence-corrected chi connectivity index (χ4v) is 3.01. The van der Waals surface area contributed by atoms with Crippen LogP contribution in [0, 0.1) is 5.82 Å². The maximum absolute atomic E-state index is 13.5. The molecule has 0 aromatic heterocycles. The van der Waals surface area contributed by atoms with Crippen molar-refractivity contribution in [2.75, 3.05) is 13.7 Å². The molecule has 0 heterocycles. The zero-order chi connectivity index (χ0) is 16.2. The van der Waals surface area contributed by atoms with E-state index in [-0.39, 0.29) is 16.2 Å². The van der Waals surface area contributed by atoms with Gasteiger partial charge in [-0.3, -0.25) is 4.79 Å². The lowest BCUT2D eigenvalue weighted by Gasteiger charge is -2.10. The van der Waals surface area contributed by atoms with Gasteiger partial charge in [-0.05, 0) is 24.3 Å². The third kappa shape index (κ3) is 3.49. The van der Waals surface area contributed by atoms with Crippen LogP contribution in [0.25, 0.3) is 0 Å². The second kappa shape index (κ2) is 6.67. The van der Waals surface area contributed by atoms with Crippen molar-refractivity contribution >= 4 is 15.8 Å². The molecule has 7 heteroatoms.